The summed E-state index contributed by atoms with van der Waals surface area (Å²) in [5.41, 5.74) is 0. The van der Waals surface area contributed by atoms with E-state index in [1.807, 2.05) is 7.05 Å². The van der Waals surface area contributed by atoms with Gasteiger partial charge in [-0.1, -0.05) is 0 Å². The van der Waals surface area contributed by atoms with Gasteiger partial charge in [0.2, 0.25) is 0 Å². The average Bonchev–Trinajstić information content (AvgIpc) is 2.05. The molecule has 1 heterocycles. The largest absolute Gasteiger partial charge is 0.481 e. The average molecular weight is 174 g/mol. The third-order valence-electron chi connectivity index (χ3n) is 1.71. The Labute approximate surface area is 73.3 Å². The monoisotopic (exact) mass is 174 g/mol. The van der Waals surface area contributed by atoms with Crippen molar-refractivity contribution in [3.05, 3.63) is 0 Å². The van der Waals surface area contributed by atoms with E-state index >= 15 is 0 Å². The van der Waals surface area contributed by atoms with Gasteiger partial charge in [-0.2, -0.15) is 0 Å². The quantitative estimate of drug-likeness (QED) is 0.525. The molecular weight excluding hydrogens is 156 g/mol. The molecule has 1 fully saturated rings. The Morgan fingerprint density at radius 3 is 2.50 bits per heavy atom. The molecule has 1 rings (SSSR count). The third kappa shape index (κ3) is 7.50. The van der Waals surface area contributed by atoms with E-state index in [-0.39, 0.29) is 0 Å². The summed E-state index contributed by atoms with van der Waals surface area (Å²) >= 11 is 0. The van der Waals surface area contributed by atoms with E-state index in [1.165, 1.54) is 19.4 Å². The number of carboxylic acid groups (broad SMARTS) is 1. The summed E-state index contributed by atoms with van der Waals surface area (Å²) in [6.45, 7) is 3.44. The Hall–Kier alpha value is -0.610. The number of carboxylic acids is 1. The van der Waals surface area contributed by atoms with E-state index < -0.39 is 5.97 Å². The van der Waals surface area contributed by atoms with Crippen LogP contribution in [0.1, 0.15) is 19.8 Å². The van der Waals surface area contributed by atoms with Gasteiger partial charge in [0.05, 0.1) is 0 Å². The molecule has 0 radical (unpaired) electrons. The van der Waals surface area contributed by atoms with Crippen LogP contribution in [0.4, 0.5) is 0 Å². The first-order valence-corrected chi connectivity index (χ1v) is 4.24. The summed E-state index contributed by atoms with van der Waals surface area (Å²) in [7, 11) is 2.03. The lowest BCUT2D eigenvalue weighted by Gasteiger charge is -2.21. The topological polar surface area (TPSA) is 61.4 Å². The smallest absolute Gasteiger partial charge is 0.300 e. The predicted octanol–water partition coefficient (Wildman–Crippen LogP) is 0.0487. The van der Waals surface area contributed by atoms with Gasteiger partial charge in [-0.25, -0.2) is 0 Å². The first-order valence-electron chi connectivity index (χ1n) is 4.24. The van der Waals surface area contributed by atoms with Gasteiger partial charge >= 0.3 is 0 Å². The zero-order valence-corrected chi connectivity index (χ0v) is 7.76. The highest BCUT2D eigenvalue weighted by Crippen LogP contribution is 1.98. The molecule has 1 aliphatic rings. The van der Waals surface area contributed by atoms with Crippen molar-refractivity contribution in [3.63, 3.8) is 0 Å². The highest BCUT2D eigenvalue weighted by molar-refractivity contribution is 5.62. The Bertz CT molecular complexity index is 118. The molecule has 4 nitrogen and oxygen atoms in total. The molecule has 0 aromatic carbocycles. The van der Waals surface area contributed by atoms with E-state index in [0.29, 0.717) is 0 Å². The van der Waals surface area contributed by atoms with Crippen LogP contribution in [-0.2, 0) is 4.79 Å². The summed E-state index contributed by atoms with van der Waals surface area (Å²) < 4.78 is 0. The molecule has 0 spiro atoms. The van der Waals surface area contributed by atoms with Gasteiger partial charge in [0.25, 0.3) is 5.97 Å². The van der Waals surface area contributed by atoms with Crippen LogP contribution in [-0.4, -0.2) is 37.3 Å². The second-order valence-corrected chi connectivity index (χ2v) is 2.85. The van der Waals surface area contributed by atoms with Gasteiger partial charge in [0.15, 0.2) is 0 Å². The second kappa shape index (κ2) is 7.06. The van der Waals surface area contributed by atoms with Crippen LogP contribution in [0, 0.1) is 0 Å². The minimum Gasteiger partial charge on any atom is -0.481 e. The van der Waals surface area contributed by atoms with E-state index in [9.17, 15) is 0 Å². The van der Waals surface area contributed by atoms with E-state index in [2.05, 4.69) is 10.6 Å². The number of nitrogens with one attached hydrogen (secondary N) is 2. The summed E-state index contributed by atoms with van der Waals surface area (Å²) in [4.78, 5) is 9.00. The maximum atomic E-state index is 9.00. The number of likely N-dealkylation sites (N-methyl/N-ethyl adjacent to an activating group) is 1. The van der Waals surface area contributed by atoms with Crippen molar-refractivity contribution < 1.29 is 9.90 Å². The first-order chi connectivity index (χ1) is 5.66. The highest BCUT2D eigenvalue weighted by atomic mass is 16.4. The molecule has 0 aromatic rings. The zero-order chi connectivity index (χ0) is 9.40. The molecule has 0 bridgehead atoms. The van der Waals surface area contributed by atoms with Gasteiger partial charge < -0.3 is 15.7 Å². The molecule has 1 unspecified atom stereocenters. The van der Waals surface area contributed by atoms with Gasteiger partial charge in [0.1, 0.15) is 0 Å². The standard InChI is InChI=1S/C6H14N2.C2H4O2/c1-7-6-3-2-4-8-5-6;1-2(3)4/h6-8H,2-5H2,1H3;1H3,(H,3,4). The maximum Gasteiger partial charge on any atom is 0.300 e. The number of aliphatic carboxylic acids is 1. The van der Waals surface area contributed by atoms with Crippen LogP contribution in [0.25, 0.3) is 0 Å². The predicted molar refractivity (Wildman–Crippen MR) is 48.3 cm³/mol. The minimum atomic E-state index is -0.833. The molecule has 1 atom stereocenters. The number of rotatable bonds is 1. The van der Waals surface area contributed by atoms with Crippen molar-refractivity contribution in [2.75, 3.05) is 20.1 Å². The number of hydrogen-bond acceptors (Lipinski definition) is 3. The lowest BCUT2D eigenvalue weighted by Crippen LogP contribution is -2.41. The molecule has 0 amide bonds. The van der Waals surface area contributed by atoms with Crippen LogP contribution in [0.15, 0.2) is 0 Å². The zero-order valence-electron chi connectivity index (χ0n) is 7.76. The Kier molecular flexibility index (Phi) is 6.70. The van der Waals surface area contributed by atoms with Crippen LogP contribution in [0.2, 0.25) is 0 Å². The summed E-state index contributed by atoms with van der Waals surface area (Å²) in [5.74, 6) is -0.833. The molecule has 0 saturated carbocycles. The normalized spacial score (nSPS) is 22.3. The van der Waals surface area contributed by atoms with Crippen molar-refractivity contribution in [3.8, 4) is 0 Å². The fourth-order valence-corrected chi connectivity index (χ4v) is 1.10. The van der Waals surface area contributed by atoms with Gasteiger partial charge in [-0.05, 0) is 26.4 Å². The summed E-state index contributed by atoms with van der Waals surface area (Å²) in [6, 6.07) is 0.726. The van der Waals surface area contributed by atoms with Crippen LogP contribution < -0.4 is 10.6 Å². The molecule has 0 aromatic heterocycles. The highest BCUT2D eigenvalue weighted by Gasteiger charge is 2.08. The van der Waals surface area contributed by atoms with Crippen molar-refractivity contribution in [2.24, 2.45) is 0 Å². The van der Waals surface area contributed by atoms with Gasteiger partial charge in [-0.15, -0.1) is 0 Å². The molecule has 12 heavy (non-hydrogen) atoms. The lowest BCUT2D eigenvalue weighted by molar-refractivity contribution is -0.134. The van der Waals surface area contributed by atoms with Gasteiger partial charge in [0, 0.05) is 19.5 Å². The summed E-state index contributed by atoms with van der Waals surface area (Å²) in [6.07, 6.45) is 2.66. The van der Waals surface area contributed by atoms with Crippen LogP contribution in [0.5, 0.6) is 0 Å². The van der Waals surface area contributed by atoms with Crippen LogP contribution >= 0.6 is 0 Å². The summed E-state index contributed by atoms with van der Waals surface area (Å²) in [5, 5.41) is 14.0. The van der Waals surface area contributed by atoms with Crippen LogP contribution in [0.3, 0.4) is 0 Å². The van der Waals surface area contributed by atoms with E-state index in [4.69, 9.17) is 9.90 Å². The van der Waals surface area contributed by atoms with Crippen molar-refractivity contribution in [2.45, 2.75) is 25.8 Å². The number of hydrogen-bond donors (Lipinski definition) is 3. The van der Waals surface area contributed by atoms with Crippen molar-refractivity contribution >= 4 is 5.97 Å². The Balaban J connectivity index is 0.000000261. The molecule has 72 valence electrons. The fourth-order valence-electron chi connectivity index (χ4n) is 1.10. The maximum absolute atomic E-state index is 9.00. The van der Waals surface area contributed by atoms with E-state index in [0.717, 1.165) is 19.5 Å². The molecule has 3 N–H and O–H groups in total. The van der Waals surface area contributed by atoms with Crippen molar-refractivity contribution in [1.82, 2.24) is 10.6 Å². The van der Waals surface area contributed by atoms with Gasteiger partial charge in [-0.3, -0.25) is 4.79 Å². The number of carbonyl (C=O) groups is 1. The fraction of sp³-hybridized carbons (Fsp3) is 0.875. The second-order valence-electron chi connectivity index (χ2n) is 2.85. The molecule has 4 heteroatoms. The molecular formula is C8H18N2O2. The molecule has 0 aliphatic carbocycles. The molecule has 1 saturated heterocycles. The lowest BCUT2D eigenvalue weighted by atomic mass is 10.1. The molecule has 1 aliphatic heterocycles. The SMILES string of the molecule is CC(=O)O.CNC1CCCNC1. The van der Waals surface area contributed by atoms with E-state index in [1.54, 1.807) is 0 Å². The Morgan fingerprint density at radius 2 is 2.25 bits per heavy atom. The number of piperidine rings is 1. The Morgan fingerprint density at radius 1 is 1.67 bits per heavy atom. The third-order valence-corrected chi connectivity index (χ3v) is 1.71. The first kappa shape index (κ1) is 11.4. The van der Waals surface area contributed by atoms with Crippen molar-refractivity contribution in [1.29, 1.82) is 0 Å². The minimum absolute atomic E-state index is 0.726.